The predicted molar refractivity (Wildman–Crippen MR) is 112 cm³/mol. The first-order valence-electron chi connectivity index (χ1n) is 9.82. The molecule has 8 nitrogen and oxygen atoms in total. The Labute approximate surface area is 167 Å². The molecule has 0 bridgehead atoms. The minimum Gasteiger partial charge on any atom is -0.353 e. The highest BCUT2D eigenvalue weighted by atomic mass is 16.1. The summed E-state index contributed by atoms with van der Waals surface area (Å²) < 4.78 is 2.03. The van der Waals surface area contributed by atoms with Crippen LogP contribution in [0, 0.1) is 13.8 Å². The lowest BCUT2D eigenvalue weighted by Gasteiger charge is -2.35. The van der Waals surface area contributed by atoms with Crippen LogP contribution in [0.2, 0.25) is 0 Å². The second-order valence-electron chi connectivity index (χ2n) is 7.71. The molecule has 29 heavy (non-hydrogen) atoms. The van der Waals surface area contributed by atoms with Gasteiger partial charge in [-0.05, 0) is 31.5 Å². The normalized spacial score (nSPS) is 15.4. The number of piperazine rings is 1. The van der Waals surface area contributed by atoms with Gasteiger partial charge < -0.3 is 14.3 Å². The van der Waals surface area contributed by atoms with Gasteiger partial charge in [0.05, 0.1) is 29.1 Å². The number of pyridine rings is 2. The molecule has 1 aliphatic heterocycles. The van der Waals surface area contributed by atoms with Crippen LogP contribution in [0.1, 0.15) is 16.8 Å². The van der Waals surface area contributed by atoms with Gasteiger partial charge in [0.25, 0.3) is 5.56 Å². The Morgan fingerprint density at radius 3 is 2.69 bits per heavy atom. The van der Waals surface area contributed by atoms with Crippen molar-refractivity contribution >= 4 is 22.5 Å². The maximum atomic E-state index is 11.9. The minimum atomic E-state index is -0.0531. The van der Waals surface area contributed by atoms with E-state index >= 15 is 0 Å². The third-order valence-corrected chi connectivity index (χ3v) is 5.49. The van der Waals surface area contributed by atoms with E-state index in [0.717, 1.165) is 66.5 Å². The number of H-pyrrole nitrogens is 1. The highest BCUT2D eigenvalue weighted by molar-refractivity contribution is 5.74. The fourth-order valence-corrected chi connectivity index (χ4v) is 3.88. The fourth-order valence-electron chi connectivity index (χ4n) is 3.88. The Hall–Kier alpha value is -3.26. The summed E-state index contributed by atoms with van der Waals surface area (Å²) in [6.07, 6.45) is 7.81. The van der Waals surface area contributed by atoms with Crippen LogP contribution in [-0.4, -0.2) is 55.4 Å². The first-order valence-corrected chi connectivity index (χ1v) is 9.82. The van der Waals surface area contributed by atoms with Gasteiger partial charge in [0.2, 0.25) is 0 Å². The second-order valence-corrected chi connectivity index (χ2v) is 7.71. The van der Waals surface area contributed by atoms with Crippen molar-refractivity contribution in [3.05, 3.63) is 64.1 Å². The number of hydrogen-bond donors (Lipinski definition) is 1. The molecule has 148 valence electrons. The van der Waals surface area contributed by atoms with Crippen LogP contribution in [0.25, 0.3) is 16.7 Å². The Morgan fingerprint density at radius 1 is 1.03 bits per heavy atom. The third kappa shape index (κ3) is 3.47. The van der Waals surface area contributed by atoms with E-state index in [1.807, 2.05) is 42.0 Å². The molecular weight excluding hydrogens is 366 g/mol. The molecular formula is C21H23N7O. The van der Waals surface area contributed by atoms with Crippen molar-refractivity contribution in [3.8, 4) is 0 Å². The van der Waals surface area contributed by atoms with Gasteiger partial charge in [-0.2, -0.15) is 0 Å². The SMILES string of the molecule is Cc1cn2cc(N3CCN(Cc4cnc5cc(C)c(=O)[nH]c5c4)CC3)ncc2n1. The van der Waals surface area contributed by atoms with E-state index in [9.17, 15) is 4.79 Å². The number of aromatic amines is 1. The Bertz CT molecular complexity index is 1250. The summed E-state index contributed by atoms with van der Waals surface area (Å²) in [7, 11) is 0. The monoisotopic (exact) mass is 389 g/mol. The zero-order valence-electron chi connectivity index (χ0n) is 16.6. The molecule has 1 fully saturated rings. The molecule has 4 aromatic heterocycles. The van der Waals surface area contributed by atoms with Crippen molar-refractivity contribution in [3.63, 3.8) is 0 Å². The number of fused-ring (bicyclic) bond motifs is 2. The molecule has 5 heterocycles. The van der Waals surface area contributed by atoms with Crippen LogP contribution >= 0.6 is 0 Å². The van der Waals surface area contributed by atoms with Gasteiger partial charge in [0.15, 0.2) is 5.65 Å². The predicted octanol–water partition coefficient (Wildman–Crippen LogP) is 1.90. The maximum Gasteiger partial charge on any atom is 0.251 e. The van der Waals surface area contributed by atoms with Crippen LogP contribution in [0.3, 0.4) is 0 Å². The summed E-state index contributed by atoms with van der Waals surface area (Å²) in [5.41, 5.74) is 5.24. The molecule has 0 saturated carbocycles. The fraction of sp³-hybridized carbons (Fsp3) is 0.333. The summed E-state index contributed by atoms with van der Waals surface area (Å²) in [5, 5.41) is 0. The molecule has 1 saturated heterocycles. The van der Waals surface area contributed by atoms with E-state index in [1.54, 1.807) is 6.92 Å². The van der Waals surface area contributed by atoms with E-state index in [-0.39, 0.29) is 5.56 Å². The summed E-state index contributed by atoms with van der Waals surface area (Å²) in [4.78, 5) is 33.0. The molecule has 0 amide bonds. The molecule has 8 heteroatoms. The Kier molecular flexibility index (Phi) is 4.28. The van der Waals surface area contributed by atoms with Crippen molar-refractivity contribution in [1.29, 1.82) is 0 Å². The Balaban J connectivity index is 1.27. The molecule has 4 aromatic rings. The van der Waals surface area contributed by atoms with Crippen LogP contribution in [0.15, 0.2) is 41.7 Å². The largest absolute Gasteiger partial charge is 0.353 e. The number of aryl methyl sites for hydroxylation is 2. The van der Waals surface area contributed by atoms with E-state index in [1.165, 1.54) is 0 Å². The lowest BCUT2D eigenvalue weighted by atomic mass is 10.2. The summed E-state index contributed by atoms with van der Waals surface area (Å²) in [6.45, 7) is 8.35. The average molecular weight is 389 g/mol. The van der Waals surface area contributed by atoms with Crippen molar-refractivity contribution in [2.45, 2.75) is 20.4 Å². The van der Waals surface area contributed by atoms with Gasteiger partial charge >= 0.3 is 0 Å². The zero-order chi connectivity index (χ0) is 20.0. The average Bonchev–Trinajstić information content (AvgIpc) is 3.09. The first-order chi connectivity index (χ1) is 14.0. The van der Waals surface area contributed by atoms with Gasteiger partial charge in [-0.25, -0.2) is 9.97 Å². The van der Waals surface area contributed by atoms with Gasteiger partial charge in [0.1, 0.15) is 5.82 Å². The van der Waals surface area contributed by atoms with Crippen molar-refractivity contribution in [2.75, 3.05) is 31.1 Å². The minimum absolute atomic E-state index is 0.0531. The number of rotatable bonds is 3. The molecule has 1 N–H and O–H groups in total. The molecule has 0 unspecified atom stereocenters. The number of nitrogens with zero attached hydrogens (tertiary/aromatic N) is 6. The smallest absolute Gasteiger partial charge is 0.251 e. The van der Waals surface area contributed by atoms with Crippen molar-refractivity contribution < 1.29 is 0 Å². The molecule has 0 aromatic carbocycles. The summed E-state index contributed by atoms with van der Waals surface area (Å²) in [5.74, 6) is 0.981. The second kappa shape index (κ2) is 6.97. The quantitative estimate of drug-likeness (QED) is 0.576. The van der Waals surface area contributed by atoms with Crippen LogP contribution in [-0.2, 0) is 6.54 Å². The molecule has 5 rings (SSSR count). The zero-order valence-corrected chi connectivity index (χ0v) is 16.6. The Morgan fingerprint density at radius 2 is 1.86 bits per heavy atom. The maximum absolute atomic E-state index is 11.9. The van der Waals surface area contributed by atoms with Gasteiger partial charge in [-0.1, -0.05) is 0 Å². The van der Waals surface area contributed by atoms with E-state index < -0.39 is 0 Å². The summed E-state index contributed by atoms with van der Waals surface area (Å²) >= 11 is 0. The molecule has 0 radical (unpaired) electrons. The number of imidazole rings is 1. The first kappa shape index (κ1) is 17.8. The number of anilines is 1. The van der Waals surface area contributed by atoms with Gasteiger partial charge in [-0.3, -0.25) is 14.7 Å². The van der Waals surface area contributed by atoms with Crippen LogP contribution in [0.5, 0.6) is 0 Å². The van der Waals surface area contributed by atoms with E-state index in [0.29, 0.717) is 5.56 Å². The molecule has 0 aliphatic carbocycles. The van der Waals surface area contributed by atoms with Crippen molar-refractivity contribution in [2.24, 2.45) is 0 Å². The highest BCUT2D eigenvalue weighted by Gasteiger charge is 2.19. The van der Waals surface area contributed by atoms with Crippen molar-refractivity contribution in [1.82, 2.24) is 29.2 Å². The molecule has 1 aliphatic rings. The van der Waals surface area contributed by atoms with Gasteiger partial charge in [0, 0.05) is 50.7 Å². The lowest BCUT2D eigenvalue weighted by Crippen LogP contribution is -2.46. The number of hydrogen-bond acceptors (Lipinski definition) is 6. The third-order valence-electron chi connectivity index (χ3n) is 5.49. The molecule has 0 spiro atoms. The standard InChI is InChI=1S/C21H23N7O/c1-14-7-17-18(25-21(14)29)8-16(9-22-17)12-26-3-5-27(6-4-26)20-13-28-11-15(2)24-19(28)10-23-20/h7-11,13H,3-6,12H2,1-2H3,(H,25,29). The van der Waals surface area contributed by atoms with Crippen LogP contribution in [0.4, 0.5) is 5.82 Å². The highest BCUT2D eigenvalue weighted by Crippen LogP contribution is 2.17. The van der Waals surface area contributed by atoms with Crippen LogP contribution < -0.4 is 10.5 Å². The number of nitrogens with one attached hydrogen (secondary N) is 1. The topological polar surface area (TPSA) is 82.4 Å². The summed E-state index contributed by atoms with van der Waals surface area (Å²) in [6, 6.07) is 3.87. The van der Waals surface area contributed by atoms with E-state index in [4.69, 9.17) is 0 Å². The lowest BCUT2D eigenvalue weighted by molar-refractivity contribution is 0.249. The molecule has 0 atom stereocenters. The van der Waals surface area contributed by atoms with E-state index in [2.05, 4.69) is 35.9 Å². The van der Waals surface area contributed by atoms with Gasteiger partial charge in [-0.15, -0.1) is 0 Å². The number of aromatic nitrogens is 5.